The number of anilines is 1. The van der Waals surface area contributed by atoms with E-state index >= 15 is 0 Å². The first kappa shape index (κ1) is 19.3. The summed E-state index contributed by atoms with van der Waals surface area (Å²) in [5.41, 5.74) is 0.863. The Hall–Kier alpha value is -1.44. The van der Waals surface area contributed by atoms with Crippen molar-refractivity contribution in [1.82, 2.24) is 14.9 Å². The van der Waals surface area contributed by atoms with Crippen LogP contribution < -0.4 is 4.90 Å². The van der Waals surface area contributed by atoms with Crippen molar-refractivity contribution in [3.63, 3.8) is 0 Å². The number of ether oxygens (including phenoxy) is 1. The van der Waals surface area contributed by atoms with Gasteiger partial charge in [-0.25, -0.2) is 9.78 Å². The molecule has 0 atom stereocenters. The highest BCUT2D eigenvalue weighted by Crippen LogP contribution is 2.37. The molecule has 1 saturated heterocycles. The molecule has 1 aliphatic heterocycles. The second kappa shape index (κ2) is 7.66. The van der Waals surface area contributed by atoms with Crippen LogP contribution in [0.15, 0.2) is 0 Å². The third kappa shape index (κ3) is 3.80. The lowest BCUT2D eigenvalue weighted by molar-refractivity contribution is 0.0383. The Balaban J connectivity index is 2.02. The Bertz CT molecular complexity index is 815. The molecule has 0 N–H and O–H groups in total. The lowest BCUT2D eigenvalue weighted by atomic mass is 10.0. The fourth-order valence-electron chi connectivity index (χ4n) is 3.37. The molecule has 0 aromatic carbocycles. The van der Waals surface area contributed by atoms with Gasteiger partial charge in [0.05, 0.1) is 11.5 Å². The molecule has 0 spiro atoms. The molecule has 3 heterocycles. The van der Waals surface area contributed by atoms with Crippen molar-refractivity contribution in [1.29, 1.82) is 0 Å². The van der Waals surface area contributed by atoms with Gasteiger partial charge in [-0.1, -0.05) is 0 Å². The van der Waals surface area contributed by atoms with Crippen molar-refractivity contribution in [2.45, 2.75) is 45.8 Å². The molecule has 6 nitrogen and oxygen atoms in total. The molecule has 0 unspecified atom stereocenters. The van der Waals surface area contributed by atoms with Crippen LogP contribution in [0.5, 0.6) is 0 Å². The van der Waals surface area contributed by atoms with Gasteiger partial charge in [-0.05, 0) is 70.9 Å². The van der Waals surface area contributed by atoms with Gasteiger partial charge in [0.25, 0.3) is 0 Å². The molecule has 26 heavy (non-hydrogen) atoms. The minimum atomic E-state index is -0.315. The molecule has 3 rings (SSSR count). The molecule has 142 valence electrons. The van der Waals surface area contributed by atoms with E-state index in [1.807, 2.05) is 20.8 Å². The van der Waals surface area contributed by atoms with E-state index in [0.29, 0.717) is 10.9 Å². The smallest absolute Gasteiger partial charge is 0.348 e. The van der Waals surface area contributed by atoms with Gasteiger partial charge in [0, 0.05) is 13.1 Å². The molecular weight excluding hydrogens is 372 g/mol. The molecule has 8 heteroatoms. The van der Waals surface area contributed by atoms with E-state index in [9.17, 15) is 4.79 Å². The predicted molar refractivity (Wildman–Crippen MR) is 107 cm³/mol. The first-order valence-electron chi connectivity index (χ1n) is 8.87. The first-order valence-corrected chi connectivity index (χ1v) is 10.1. The molecule has 1 aliphatic rings. The van der Waals surface area contributed by atoms with Crippen LogP contribution in [0.1, 0.15) is 41.9 Å². The van der Waals surface area contributed by atoms with Crippen molar-refractivity contribution in [3.05, 3.63) is 15.7 Å². The summed E-state index contributed by atoms with van der Waals surface area (Å²) in [6.07, 6.45) is 1.98. The number of aryl methyl sites for hydroxylation is 1. The average Bonchev–Trinajstić information content (AvgIpc) is 2.90. The van der Waals surface area contributed by atoms with E-state index in [1.54, 1.807) is 0 Å². The Morgan fingerprint density at radius 1 is 1.35 bits per heavy atom. The van der Waals surface area contributed by atoms with E-state index in [-0.39, 0.29) is 17.4 Å². The Kier molecular flexibility index (Phi) is 5.69. The number of rotatable bonds is 4. The molecule has 1 fully saturated rings. The summed E-state index contributed by atoms with van der Waals surface area (Å²) >= 11 is 7.51. The highest BCUT2D eigenvalue weighted by Gasteiger charge is 2.27. The summed E-state index contributed by atoms with van der Waals surface area (Å²) < 4.78 is 5.38. The third-order valence-corrected chi connectivity index (χ3v) is 6.18. The van der Waals surface area contributed by atoms with Crippen molar-refractivity contribution >= 4 is 44.9 Å². The normalized spacial score (nSPS) is 16.4. The lowest BCUT2D eigenvalue weighted by Crippen LogP contribution is -2.42. The number of likely N-dealkylation sites (tertiary alicyclic amines) is 1. The van der Waals surface area contributed by atoms with Crippen LogP contribution in [-0.4, -0.2) is 60.2 Å². The number of carbonyl (C=O) groups excluding carboxylic acids is 1. The summed E-state index contributed by atoms with van der Waals surface area (Å²) in [5.74, 6) is 0.483. The molecule has 0 aliphatic carbocycles. The fraction of sp³-hybridized carbons (Fsp3) is 0.611. The number of thiophene rings is 1. The number of hydrogen-bond acceptors (Lipinski definition) is 7. The van der Waals surface area contributed by atoms with Crippen LogP contribution in [0.3, 0.4) is 0 Å². The summed E-state index contributed by atoms with van der Waals surface area (Å²) in [7, 11) is 4.20. The highest BCUT2D eigenvalue weighted by molar-refractivity contribution is 7.20. The lowest BCUT2D eigenvalue weighted by Gasteiger charge is -2.36. The quantitative estimate of drug-likeness (QED) is 0.579. The summed E-state index contributed by atoms with van der Waals surface area (Å²) in [6, 6.07) is 0.394. The third-order valence-electron chi connectivity index (χ3n) is 4.84. The molecule has 0 amide bonds. The zero-order valence-corrected chi connectivity index (χ0v) is 17.4. The van der Waals surface area contributed by atoms with Crippen molar-refractivity contribution in [2.75, 3.05) is 32.1 Å². The minimum Gasteiger partial charge on any atom is -0.459 e. The molecule has 2 aromatic heterocycles. The average molecular weight is 397 g/mol. The monoisotopic (exact) mass is 396 g/mol. The summed E-state index contributed by atoms with van der Waals surface area (Å²) in [4.78, 5) is 27.1. The van der Waals surface area contributed by atoms with Gasteiger partial charge in [0.2, 0.25) is 5.28 Å². The maximum Gasteiger partial charge on any atom is 0.348 e. The number of carbonyl (C=O) groups is 1. The zero-order valence-electron chi connectivity index (χ0n) is 15.9. The van der Waals surface area contributed by atoms with Crippen LogP contribution >= 0.6 is 22.9 Å². The second-order valence-corrected chi connectivity index (χ2v) is 8.49. The maximum atomic E-state index is 12.4. The van der Waals surface area contributed by atoms with Crippen LogP contribution in [-0.2, 0) is 4.74 Å². The molecule has 0 saturated carbocycles. The van der Waals surface area contributed by atoms with Crippen LogP contribution in [0.25, 0.3) is 10.2 Å². The Morgan fingerprint density at radius 2 is 2.00 bits per heavy atom. The van der Waals surface area contributed by atoms with Gasteiger partial charge in [0.15, 0.2) is 0 Å². The predicted octanol–water partition coefficient (Wildman–Crippen LogP) is 3.75. The van der Waals surface area contributed by atoms with E-state index in [4.69, 9.17) is 16.3 Å². The van der Waals surface area contributed by atoms with Crippen LogP contribution in [0, 0.1) is 6.92 Å². The molecular formula is C18H25ClN4O2S. The number of esters is 1. The zero-order chi connectivity index (χ0) is 19.0. The standard InChI is InChI=1S/C18H25ClN4O2S/c1-10(2)25-17(24)14-11(3)13-15(20-18(19)21-16(13)26-14)23(5)12-6-8-22(4)9-7-12/h10,12H,6-9H2,1-5H3. The van der Waals surface area contributed by atoms with Gasteiger partial charge in [-0.3, -0.25) is 0 Å². The number of nitrogens with zero attached hydrogens (tertiary/aromatic N) is 4. The summed E-state index contributed by atoms with van der Waals surface area (Å²) in [6.45, 7) is 7.74. The largest absolute Gasteiger partial charge is 0.459 e. The van der Waals surface area contributed by atoms with Crippen LogP contribution in [0.2, 0.25) is 5.28 Å². The van der Waals surface area contributed by atoms with Crippen molar-refractivity contribution < 1.29 is 9.53 Å². The van der Waals surface area contributed by atoms with Gasteiger partial charge in [-0.2, -0.15) is 4.98 Å². The van der Waals surface area contributed by atoms with E-state index < -0.39 is 0 Å². The van der Waals surface area contributed by atoms with Gasteiger partial charge < -0.3 is 14.5 Å². The molecule has 2 aromatic rings. The number of fused-ring (bicyclic) bond motifs is 1. The van der Waals surface area contributed by atoms with Crippen LogP contribution in [0.4, 0.5) is 5.82 Å². The minimum absolute atomic E-state index is 0.164. The molecule has 0 radical (unpaired) electrons. The number of piperidine rings is 1. The Morgan fingerprint density at radius 3 is 2.62 bits per heavy atom. The highest BCUT2D eigenvalue weighted by atomic mass is 35.5. The van der Waals surface area contributed by atoms with Crippen molar-refractivity contribution in [3.8, 4) is 0 Å². The number of aromatic nitrogens is 2. The SMILES string of the molecule is Cc1c(C(=O)OC(C)C)sc2nc(Cl)nc(N(C)C3CCN(C)CC3)c12. The fourth-order valence-corrected chi connectivity index (χ4v) is 4.64. The summed E-state index contributed by atoms with van der Waals surface area (Å²) in [5, 5.41) is 1.11. The van der Waals surface area contributed by atoms with Crippen molar-refractivity contribution in [2.24, 2.45) is 0 Å². The molecule has 0 bridgehead atoms. The number of hydrogen-bond donors (Lipinski definition) is 0. The number of halogens is 1. The topological polar surface area (TPSA) is 58.6 Å². The Labute approximate surface area is 163 Å². The maximum absolute atomic E-state index is 12.4. The van der Waals surface area contributed by atoms with E-state index in [1.165, 1.54) is 11.3 Å². The first-order chi connectivity index (χ1) is 12.3. The van der Waals surface area contributed by atoms with E-state index in [2.05, 4.69) is 33.9 Å². The van der Waals surface area contributed by atoms with Gasteiger partial charge in [0.1, 0.15) is 15.5 Å². The van der Waals surface area contributed by atoms with Gasteiger partial charge in [-0.15, -0.1) is 11.3 Å². The second-order valence-electron chi connectivity index (χ2n) is 7.15. The van der Waals surface area contributed by atoms with Gasteiger partial charge >= 0.3 is 5.97 Å². The van der Waals surface area contributed by atoms with E-state index in [0.717, 1.165) is 47.5 Å².